The van der Waals surface area contributed by atoms with E-state index in [-0.39, 0.29) is 11.2 Å². The van der Waals surface area contributed by atoms with Gasteiger partial charge in [0.05, 0.1) is 0 Å². The van der Waals surface area contributed by atoms with Gasteiger partial charge in [-0.05, 0) is 58.4 Å². The van der Waals surface area contributed by atoms with Crippen LogP contribution >= 0.6 is 0 Å². The highest BCUT2D eigenvalue weighted by molar-refractivity contribution is 5.97. The summed E-state index contributed by atoms with van der Waals surface area (Å²) in [4.78, 5) is 30.3. The van der Waals surface area contributed by atoms with Crippen LogP contribution in [0.5, 0.6) is 0 Å². The molecule has 122 valence electrons. The number of aromatic nitrogens is 1. The molecule has 1 N–H and O–H groups in total. The predicted octanol–water partition coefficient (Wildman–Crippen LogP) is 3.41. The van der Waals surface area contributed by atoms with Gasteiger partial charge in [-0.3, -0.25) is 14.5 Å². The lowest BCUT2D eigenvalue weighted by molar-refractivity contribution is 0.101. The Kier molecular flexibility index (Phi) is 4.35. The van der Waals surface area contributed by atoms with Crippen molar-refractivity contribution in [3.05, 3.63) is 45.2 Å². The lowest BCUT2D eigenvalue weighted by Crippen LogP contribution is -2.38. The summed E-state index contributed by atoms with van der Waals surface area (Å²) >= 11 is 0. The second-order valence-electron chi connectivity index (χ2n) is 6.69. The number of pyridine rings is 1. The van der Waals surface area contributed by atoms with Gasteiger partial charge in [-0.2, -0.15) is 0 Å². The molecule has 4 nitrogen and oxygen atoms in total. The highest BCUT2D eigenvalue weighted by Crippen LogP contribution is 2.20. The maximum absolute atomic E-state index is 12.9. The molecule has 1 aliphatic heterocycles. The molecule has 0 radical (unpaired) electrons. The fraction of sp³-hybridized carbons (Fsp3) is 0.474. The van der Waals surface area contributed by atoms with Gasteiger partial charge in [0.25, 0.3) is 0 Å². The van der Waals surface area contributed by atoms with Gasteiger partial charge >= 0.3 is 0 Å². The quantitative estimate of drug-likeness (QED) is 0.884. The molecule has 23 heavy (non-hydrogen) atoms. The van der Waals surface area contributed by atoms with Crippen LogP contribution in [0.4, 0.5) is 0 Å². The third-order valence-electron chi connectivity index (χ3n) is 5.02. The van der Waals surface area contributed by atoms with E-state index in [0.29, 0.717) is 23.5 Å². The number of Topliss-reactive ketones (excluding diaryl/α,β-unsaturated/α-hetero) is 1. The van der Waals surface area contributed by atoms with Crippen molar-refractivity contribution in [1.29, 1.82) is 0 Å². The van der Waals surface area contributed by atoms with Crippen LogP contribution in [0.15, 0.2) is 23.0 Å². The van der Waals surface area contributed by atoms with Crippen molar-refractivity contribution in [2.45, 2.75) is 52.6 Å². The smallest absolute Gasteiger partial charge is 0.194 e. The summed E-state index contributed by atoms with van der Waals surface area (Å²) in [5, 5.41) is 0.614. The minimum absolute atomic E-state index is 0.0157. The first kappa shape index (κ1) is 15.9. The van der Waals surface area contributed by atoms with Gasteiger partial charge in [0.1, 0.15) is 0 Å². The summed E-state index contributed by atoms with van der Waals surface area (Å²) in [5.74, 6) is -0.0157. The van der Waals surface area contributed by atoms with Gasteiger partial charge in [0, 0.05) is 40.3 Å². The van der Waals surface area contributed by atoms with Crippen LogP contribution in [0.1, 0.15) is 54.7 Å². The molecule has 0 saturated carbocycles. The van der Waals surface area contributed by atoms with E-state index in [0.717, 1.165) is 23.3 Å². The molecule has 1 aromatic heterocycles. The summed E-state index contributed by atoms with van der Waals surface area (Å²) in [6.45, 7) is 7.45. The number of hydrogen-bond donors (Lipinski definition) is 1. The van der Waals surface area contributed by atoms with E-state index in [1.165, 1.54) is 26.2 Å². The predicted molar refractivity (Wildman–Crippen MR) is 93.0 cm³/mol. The average molecular weight is 312 g/mol. The minimum Gasteiger partial charge on any atom is -0.358 e. The first-order chi connectivity index (χ1) is 11.0. The standard InChI is InChI=1S/C19H24N2O2/c1-12-6-4-5-9-21(12)11-17-13(2)20-18-8-7-15(14(3)22)10-16(18)19(17)23/h7-8,10,12H,4-6,9,11H2,1-3H3,(H,20,23)/t12-/m0/s1. The number of benzene rings is 1. The first-order valence-corrected chi connectivity index (χ1v) is 8.38. The van der Waals surface area contributed by atoms with E-state index in [2.05, 4.69) is 16.8 Å². The molecule has 1 saturated heterocycles. The summed E-state index contributed by atoms with van der Waals surface area (Å²) < 4.78 is 0. The lowest BCUT2D eigenvalue weighted by Gasteiger charge is -2.33. The topological polar surface area (TPSA) is 53.2 Å². The number of nitrogens with one attached hydrogen (secondary N) is 1. The van der Waals surface area contributed by atoms with Gasteiger partial charge in [-0.25, -0.2) is 0 Å². The van der Waals surface area contributed by atoms with Crippen LogP contribution in [-0.2, 0) is 6.54 Å². The van der Waals surface area contributed by atoms with E-state index >= 15 is 0 Å². The monoisotopic (exact) mass is 312 g/mol. The number of ketones is 1. The molecular formula is C19H24N2O2. The molecule has 0 unspecified atom stereocenters. The van der Waals surface area contributed by atoms with Gasteiger partial charge in [-0.1, -0.05) is 6.42 Å². The number of rotatable bonds is 3. The molecular weight excluding hydrogens is 288 g/mol. The Bertz CT molecular complexity index is 807. The Labute approximate surface area is 136 Å². The van der Waals surface area contributed by atoms with Crippen molar-refractivity contribution in [2.24, 2.45) is 0 Å². The van der Waals surface area contributed by atoms with Crippen LogP contribution in [-0.4, -0.2) is 28.3 Å². The summed E-state index contributed by atoms with van der Waals surface area (Å²) in [6, 6.07) is 5.83. The Morgan fingerprint density at radius 3 is 2.83 bits per heavy atom. The summed E-state index contributed by atoms with van der Waals surface area (Å²) in [5.41, 5.74) is 3.19. The van der Waals surface area contributed by atoms with E-state index in [1.54, 1.807) is 12.1 Å². The van der Waals surface area contributed by atoms with Crippen molar-refractivity contribution in [3.8, 4) is 0 Å². The maximum atomic E-state index is 12.9. The Balaban J connectivity index is 2.05. The molecule has 4 heteroatoms. The van der Waals surface area contributed by atoms with Crippen molar-refractivity contribution < 1.29 is 4.79 Å². The Hall–Kier alpha value is -1.94. The third-order valence-corrected chi connectivity index (χ3v) is 5.02. The molecule has 1 aromatic carbocycles. The van der Waals surface area contributed by atoms with Crippen LogP contribution in [0.3, 0.4) is 0 Å². The molecule has 1 aliphatic rings. The van der Waals surface area contributed by atoms with Gasteiger partial charge in [0.15, 0.2) is 11.2 Å². The summed E-state index contributed by atoms with van der Waals surface area (Å²) in [7, 11) is 0. The van der Waals surface area contributed by atoms with Crippen molar-refractivity contribution >= 4 is 16.7 Å². The second kappa shape index (κ2) is 6.28. The number of likely N-dealkylation sites (tertiary alicyclic amines) is 1. The average Bonchev–Trinajstić information content (AvgIpc) is 2.52. The number of carbonyl (C=O) groups is 1. The van der Waals surface area contributed by atoms with Crippen LogP contribution in [0, 0.1) is 6.92 Å². The largest absolute Gasteiger partial charge is 0.358 e. The zero-order valence-corrected chi connectivity index (χ0v) is 14.1. The van der Waals surface area contributed by atoms with Crippen molar-refractivity contribution in [1.82, 2.24) is 9.88 Å². The van der Waals surface area contributed by atoms with Gasteiger partial charge in [0.2, 0.25) is 0 Å². The van der Waals surface area contributed by atoms with E-state index in [1.807, 2.05) is 13.0 Å². The third kappa shape index (κ3) is 3.08. The molecule has 3 rings (SSSR count). The molecule has 0 bridgehead atoms. The molecule has 2 heterocycles. The van der Waals surface area contributed by atoms with E-state index < -0.39 is 0 Å². The van der Waals surface area contributed by atoms with Gasteiger partial charge < -0.3 is 4.98 Å². The van der Waals surface area contributed by atoms with Crippen molar-refractivity contribution in [3.63, 3.8) is 0 Å². The summed E-state index contributed by atoms with van der Waals surface area (Å²) in [6.07, 6.45) is 3.66. The number of carbonyl (C=O) groups excluding carboxylic acids is 1. The SMILES string of the molecule is CC(=O)c1ccc2[nH]c(C)c(CN3CCCC[C@@H]3C)c(=O)c2c1. The Morgan fingerprint density at radius 1 is 1.35 bits per heavy atom. The number of fused-ring (bicyclic) bond motifs is 1. The molecule has 2 aromatic rings. The minimum atomic E-state index is -0.0157. The number of aromatic amines is 1. The van der Waals surface area contributed by atoms with Crippen LogP contribution in [0.2, 0.25) is 0 Å². The van der Waals surface area contributed by atoms with Crippen molar-refractivity contribution in [2.75, 3.05) is 6.54 Å². The van der Waals surface area contributed by atoms with E-state index in [4.69, 9.17) is 0 Å². The zero-order chi connectivity index (χ0) is 16.6. The number of nitrogens with zero attached hydrogens (tertiary/aromatic N) is 1. The number of aryl methyl sites for hydroxylation is 1. The van der Waals surface area contributed by atoms with Gasteiger partial charge in [-0.15, -0.1) is 0 Å². The van der Waals surface area contributed by atoms with Crippen LogP contribution in [0.25, 0.3) is 10.9 Å². The van der Waals surface area contributed by atoms with Crippen LogP contribution < -0.4 is 5.43 Å². The number of piperidine rings is 1. The number of hydrogen-bond acceptors (Lipinski definition) is 3. The molecule has 0 amide bonds. The fourth-order valence-electron chi connectivity index (χ4n) is 3.46. The molecule has 0 aliphatic carbocycles. The number of H-pyrrole nitrogens is 1. The normalized spacial score (nSPS) is 19.2. The highest BCUT2D eigenvalue weighted by atomic mass is 16.1. The molecule has 1 fully saturated rings. The maximum Gasteiger partial charge on any atom is 0.194 e. The fourth-order valence-corrected chi connectivity index (χ4v) is 3.46. The molecule has 0 spiro atoms. The zero-order valence-electron chi connectivity index (χ0n) is 14.1. The Morgan fingerprint density at radius 2 is 2.13 bits per heavy atom. The molecule has 1 atom stereocenters. The highest BCUT2D eigenvalue weighted by Gasteiger charge is 2.21. The second-order valence-corrected chi connectivity index (χ2v) is 6.69. The van der Waals surface area contributed by atoms with E-state index in [9.17, 15) is 9.59 Å². The lowest BCUT2D eigenvalue weighted by atomic mass is 10.0. The first-order valence-electron chi connectivity index (χ1n) is 8.38.